The summed E-state index contributed by atoms with van der Waals surface area (Å²) < 4.78 is 0. The number of piperidine rings is 1. The Hall–Kier alpha value is -0.0900. The van der Waals surface area contributed by atoms with Crippen molar-refractivity contribution in [3.8, 4) is 0 Å². The minimum atomic E-state index is -0.698. The Kier molecular flexibility index (Phi) is 3.59. The molecule has 1 fully saturated rings. The van der Waals surface area contributed by atoms with Gasteiger partial charge in [0.2, 0.25) is 0 Å². The maximum atomic E-state index is 10.6. The molecule has 0 saturated carbocycles. The maximum Gasteiger partial charge on any atom is 0.103 e. The third-order valence-electron chi connectivity index (χ3n) is 3.40. The molecular weight excluding hydrogens is 242 g/mol. The molecule has 0 unspecified atom stereocenters. The normalized spacial score (nSPS) is 21.6. The molecule has 1 aromatic rings. The lowest BCUT2D eigenvalue weighted by molar-refractivity contribution is -0.0294. The standard InChI is InChI=1S/C12H18ClNOS/c1-9(2)14-6-4-12(15,5-7-14)11-10(13)3-8-16-11/h3,8-9,15H,4-7H2,1-2H3. The summed E-state index contributed by atoms with van der Waals surface area (Å²) in [6, 6.07) is 2.43. The van der Waals surface area contributed by atoms with Crippen LogP contribution >= 0.6 is 22.9 Å². The number of likely N-dealkylation sites (tertiary alicyclic amines) is 1. The molecule has 0 spiro atoms. The van der Waals surface area contributed by atoms with E-state index in [9.17, 15) is 5.11 Å². The van der Waals surface area contributed by atoms with Crippen molar-refractivity contribution in [2.24, 2.45) is 0 Å². The Morgan fingerprint density at radius 3 is 2.50 bits per heavy atom. The van der Waals surface area contributed by atoms with Gasteiger partial charge < -0.3 is 10.0 Å². The van der Waals surface area contributed by atoms with Gasteiger partial charge in [-0.2, -0.15) is 0 Å². The lowest BCUT2D eigenvalue weighted by atomic mass is 9.89. The molecule has 1 saturated heterocycles. The summed E-state index contributed by atoms with van der Waals surface area (Å²) in [5, 5.41) is 13.3. The van der Waals surface area contributed by atoms with Gasteiger partial charge in [0.15, 0.2) is 0 Å². The molecule has 0 aliphatic carbocycles. The van der Waals surface area contributed by atoms with E-state index in [2.05, 4.69) is 18.7 Å². The van der Waals surface area contributed by atoms with E-state index in [0.29, 0.717) is 11.1 Å². The Morgan fingerprint density at radius 1 is 1.44 bits per heavy atom. The van der Waals surface area contributed by atoms with Gasteiger partial charge >= 0.3 is 0 Å². The first-order chi connectivity index (χ1) is 7.53. The van der Waals surface area contributed by atoms with E-state index in [1.54, 1.807) is 11.3 Å². The number of hydrogen-bond acceptors (Lipinski definition) is 3. The van der Waals surface area contributed by atoms with Crippen LogP contribution in [0.1, 0.15) is 31.6 Å². The van der Waals surface area contributed by atoms with Crippen molar-refractivity contribution in [2.45, 2.75) is 38.3 Å². The van der Waals surface area contributed by atoms with Gasteiger partial charge in [0.1, 0.15) is 5.60 Å². The first-order valence-electron chi connectivity index (χ1n) is 5.73. The fraction of sp³-hybridized carbons (Fsp3) is 0.667. The molecule has 2 rings (SSSR count). The zero-order valence-corrected chi connectivity index (χ0v) is 11.3. The van der Waals surface area contributed by atoms with Crippen molar-refractivity contribution >= 4 is 22.9 Å². The van der Waals surface area contributed by atoms with Crippen molar-refractivity contribution in [1.82, 2.24) is 4.90 Å². The number of aliphatic hydroxyl groups is 1. The van der Waals surface area contributed by atoms with E-state index in [0.717, 1.165) is 30.8 Å². The lowest BCUT2D eigenvalue weighted by Gasteiger charge is -2.39. The third kappa shape index (κ3) is 2.28. The summed E-state index contributed by atoms with van der Waals surface area (Å²) >= 11 is 7.66. The Balaban J connectivity index is 2.10. The summed E-state index contributed by atoms with van der Waals surface area (Å²) in [4.78, 5) is 3.34. The van der Waals surface area contributed by atoms with Crippen molar-refractivity contribution in [1.29, 1.82) is 0 Å². The van der Waals surface area contributed by atoms with E-state index in [-0.39, 0.29) is 0 Å². The molecule has 2 heterocycles. The highest BCUT2D eigenvalue weighted by Gasteiger charge is 2.36. The van der Waals surface area contributed by atoms with E-state index < -0.39 is 5.60 Å². The Bertz CT molecular complexity index is 356. The highest BCUT2D eigenvalue weighted by molar-refractivity contribution is 7.10. The molecule has 1 aromatic heterocycles. The van der Waals surface area contributed by atoms with Crippen molar-refractivity contribution in [2.75, 3.05) is 13.1 Å². The van der Waals surface area contributed by atoms with E-state index >= 15 is 0 Å². The fourth-order valence-electron chi connectivity index (χ4n) is 2.26. The van der Waals surface area contributed by atoms with Crippen LogP contribution in [-0.2, 0) is 5.60 Å². The van der Waals surface area contributed by atoms with Crippen LogP contribution in [0.3, 0.4) is 0 Å². The highest BCUT2D eigenvalue weighted by atomic mass is 35.5. The predicted molar refractivity (Wildman–Crippen MR) is 69.2 cm³/mol. The van der Waals surface area contributed by atoms with Crippen molar-refractivity contribution in [3.63, 3.8) is 0 Å². The molecule has 1 N–H and O–H groups in total. The van der Waals surface area contributed by atoms with Gasteiger partial charge in [0, 0.05) is 19.1 Å². The zero-order valence-electron chi connectivity index (χ0n) is 9.74. The summed E-state index contributed by atoms with van der Waals surface area (Å²) in [5.41, 5.74) is -0.698. The second-order valence-electron chi connectivity index (χ2n) is 4.76. The second kappa shape index (κ2) is 4.65. The van der Waals surface area contributed by atoms with Crippen LogP contribution in [0.25, 0.3) is 0 Å². The minimum Gasteiger partial charge on any atom is -0.384 e. The fourth-order valence-corrected chi connectivity index (χ4v) is 3.65. The highest BCUT2D eigenvalue weighted by Crippen LogP contribution is 2.40. The molecule has 0 amide bonds. The average molecular weight is 260 g/mol. The van der Waals surface area contributed by atoms with Gasteiger partial charge in [-0.25, -0.2) is 0 Å². The summed E-state index contributed by atoms with van der Waals surface area (Å²) in [7, 11) is 0. The molecule has 2 nitrogen and oxygen atoms in total. The number of halogens is 1. The molecule has 0 radical (unpaired) electrons. The van der Waals surface area contributed by atoms with E-state index in [1.807, 2.05) is 11.4 Å². The number of nitrogens with zero attached hydrogens (tertiary/aromatic N) is 1. The zero-order chi connectivity index (χ0) is 11.8. The second-order valence-corrected chi connectivity index (χ2v) is 6.08. The predicted octanol–water partition coefficient (Wildman–Crippen LogP) is 3.09. The molecule has 0 aromatic carbocycles. The molecule has 0 atom stereocenters. The largest absolute Gasteiger partial charge is 0.384 e. The number of thiophene rings is 1. The van der Waals surface area contributed by atoms with Crippen LogP contribution < -0.4 is 0 Å². The number of hydrogen-bond donors (Lipinski definition) is 1. The first-order valence-corrected chi connectivity index (χ1v) is 6.98. The molecular formula is C12H18ClNOS. The summed E-state index contributed by atoms with van der Waals surface area (Å²) in [6.07, 6.45) is 1.57. The van der Waals surface area contributed by atoms with Crippen LogP contribution in [0.4, 0.5) is 0 Å². The first kappa shape index (κ1) is 12.4. The molecule has 0 bridgehead atoms. The molecule has 1 aliphatic heterocycles. The van der Waals surface area contributed by atoms with Crippen LogP contribution in [0, 0.1) is 0 Å². The topological polar surface area (TPSA) is 23.5 Å². The SMILES string of the molecule is CC(C)N1CCC(O)(c2sccc2Cl)CC1. The van der Waals surface area contributed by atoms with Gasteiger partial charge in [0.25, 0.3) is 0 Å². The average Bonchev–Trinajstić information content (AvgIpc) is 2.66. The van der Waals surface area contributed by atoms with E-state index in [4.69, 9.17) is 11.6 Å². The molecule has 90 valence electrons. The quantitative estimate of drug-likeness (QED) is 0.882. The van der Waals surface area contributed by atoms with Crippen molar-refractivity contribution in [3.05, 3.63) is 21.3 Å². The van der Waals surface area contributed by atoms with Crippen LogP contribution in [0.5, 0.6) is 0 Å². The van der Waals surface area contributed by atoms with Crippen LogP contribution in [0.2, 0.25) is 5.02 Å². The molecule has 1 aliphatic rings. The summed E-state index contributed by atoms with van der Waals surface area (Å²) in [5.74, 6) is 0. The van der Waals surface area contributed by atoms with Crippen LogP contribution in [0.15, 0.2) is 11.4 Å². The van der Waals surface area contributed by atoms with Gasteiger partial charge in [-0.1, -0.05) is 11.6 Å². The monoisotopic (exact) mass is 259 g/mol. The van der Waals surface area contributed by atoms with Gasteiger partial charge in [-0.3, -0.25) is 0 Å². The minimum absolute atomic E-state index is 0.559. The Morgan fingerprint density at radius 2 is 2.06 bits per heavy atom. The smallest absolute Gasteiger partial charge is 0.103 e. The van der Waals surface area contributed by atoms with Crippen LogP contribution in [-0.4, -0.2) is 29.1 Å². The Labute approximate surface area is 106 Å². The lowest BCUT2D eigenvalue weighted by Crippen LogP contribution is -2.45. The number of rotatable bonds is 2. The van der Waals surface area contributed by atoms with E-state index in [1.165, 1.54) is 0 Å². The molecule has 4 heteroatoms. The summed E-state index contributed by atoms with van der Waals surface area (Å²) in [6.45, 7) is 6.29. The van der Waals surface area contributed by atoms with Gasteiger partial charge in [-0.05, 0) is 38.1 Å². The molecule has 16 heavy (non-hydrogen) atoms. The van der Waals surface area contributed by atoms with Gasteiger partial charge in [-0.15, -0.1) is 11.3 Å². The third-order valence-corrected chi connectivity index (χ3v) is 4.93. The van der Waals surface area contributed by atoms with Gasteiger partial charge in [0.05, 0.1) is 9.90 Å². The van der Waals surface area contributed by atoms with Crippen molar-refractivity contribution < 1.29 is 5.11 Å². The maximum absolute atomic E-state index is 10.6.